The maximum absolute atomic E-state index is 13.0. The Hall–Kier alpha value is -2.53. The molecule has 0 spiro atoms. The van der Waals surface area contributed by atoms with Crippen molar-refractivity contribution in [1.29, 1.82) is 0 Å². The van der Waals surface area contributed by atoms with Crippen molar-refractivity contribution < 1.29 is 19.0 Å². The second kappa shape index (κ2) is 8.91. The van der Waals surface area contributed by atoms with Crippen LogP contribution in [0, 0.1) is 5.92 Å². The zero-order valence-electron chi connectivity index (χ0n) is 16.2. The third-order valence-electron chi connectivity index (χ3n) is 5.11. The Balaban J connectivity index is 1.67. The Bertz CT molecular complexity index is 772. The number of likely N-dealkylation sites (tertiary alicyclic amines) is 1. The highest BCUT2D eigenvalue weighted by molar-refractivity contribution is 5.98. The van der Waals surface area contributed by atoms with E-state index in [1.165, 1.54) is 5.56 Å². The highest BCUT2D eigenvalue weighted by atomic mass is 16.5. The Morgan fingerprint density at radius 3 is 2.41 bits per heavy atom. The summed E-state index contributed by atoms with van der Waals surface area (Å²) in [7, 11) is 4.85. The van der Waals surface area contributed by atoms with E-state index in [9.17, 15) is 4.79 Å². The lowest BCUT2D eigenvalue weighted by molar-refractivity contribution is 0.0811. The third kappa shape index (κ3) is 4.61. The molecule has 0 aliphatic carbocycles. The maximum atomic E-state index is 13.0. The standard InChI is InChI=1S/C22H27NO4/c1-25-19-9-6-16(7-10-19)14-23-12-4-5-18(15-23)22(24)17-8-11-20(26-2)21(13-17)27-3/h6-11,13,18H,4-5,12,14-15H2,1-3H3. The lowest BCUT2D eigenvalue weighted by atomic mass is 9.89. The largest absolute Gasteiger partial charge is 0.497 e. The summed E-state index contributed by atoms with van der Waals surface area (Å²) < 4.78 is 15.8. The SMILES string of the molecule is COc1ccc(CN2CCCC(C(=O)c3ccc(OC)c(OC)c3)C2)cc1. The smallest absolute Gasteiger partial charge is 0.167 e. The molecule has 1 atom stereocenters. The van der Waals surface area contributed by atoms with Crippen molar-refractivity contribution in [1.82, 2.24) is 4.90 Å². The molecule has 27 heavy (non-hydrogen) atoms. The van der Waals surface area contributed by atoms with Crippen LogP contribution in [0.5, 0.6) is 17.2 Å². The van der Waals surface area contributed by atoms with E-state index < -0.39 is 0 Å². The van der Waals surface area contributed by atoms with Crippen molar-refractivity contribution >= 4 is 5.78 Å². The lowest BCUT2D eigenvalue weighted by Gasteiger charge is -2.32. The molecule has 1 aliphatic heterocycles. The van der Waals surface area contributed by atoms with Gasteiger partial charge in [0, 0.05) is 24.6 Å². The Morgan fingerprint density at radius 1 is 1.00 bits per heavy atom. The molecular formula is C22H27NO4. The highest BCUT2D eigenvalue weighted by Gasteiger charge is 2.27. The zero-order chi connectivity index (χ0) is 19.2. The first-order chi connectivity index (χ1) is 13.1. The molecule has 144 valence electrons. The minimum atomic E-state index is 0.00935. The molecule has 0 aromatic heterocycles. The summed E-state index contributed by atoms with van der Waals surface area (Å²) in [5.74, 6) is 2.28. The quantitative estimate of drug-likeness (QED) is 0.695. The third-order valence-corrected chi connectivity index (χ3v) is 5.11. The number of benzene rings is 2. The molecule has 1 saturated heterocycles. The van der Waals surface area contributed by atoms with Gasteiger partial charge in [-0.3, -0.25) is 9.69 Å². The Labute approximate surface area is 160 Å². The summed E-state index contributed by atoms with van der Waals surface area (Å²) >= 11 is 0. The number of rotatable bonds is 7. The van der Waals surface area contributed by atoms with Crippen LogP contribution >= 0.6 is 0 Å². The first-order valence-electron chi connectivity index (χ1n) is 9.26. The van der Waals surface area contributed by atoms with E-state index in [0.29, 0.717) is 17.1 Å². The number of Topliss-reactive ketones (excluding diaryl/α,β-unsaturated/α-hetero) is 1. The summed E-state index contributed by atoms with van der Waals surface area (Å²) in [6.45, 7) is 2.64. The fourth-order valence-electron chi connectivity index (χ4n) is 3.63. The summed E-state index contributed by atoms with van der Waals surface area (Å²) in [6.07, 6.45) is 1.95. The number of ketones is 1. The van der Waals surface area contributed by atoms with E-state index >= 15 is 0 Å². The number of carbonyl (C=O) groups is 1. The topological polar surface area (TPSA) is 48.0 Å². The van der Waals surface area contributed by atoms with Crippen molar-refractivity contribution in [2.24, 2.45) is 5.92 Å². The zero-order valence-corrected chi connectivity index (χ0v) is 16.2. The van der Waals surface area contributed by atoms with Gasteiger partial charge in [0.2, 0.25) is 0 Å². The average Bonchev–Trinajstić information content (AvgIpc) is 2.73. The van der Waals surface area contributed by atoms with Gasteiger partial charge in [-0.1, -0.05) is 12.1 Å². The van der Waals surface area contributed by atoms with E-state index in [2.05, 4.69) is 17.0 Å². The van der Waals surface area contributed by atoms with Crippen LogP contribution in [-0.4, -0.2) is 45.1 Å². The first kappa shape index (κ1) is 19.2. The molecule has 5 heteroatoms. The Morgan fingerprint density at radius 2 is 1.74 bits per heavy atom. The monoisotopic (exact) mass is 369 g/mol. The minimum absolute atomic E-state index is 0.00935. The molecule has 2 aromatic rings. The van der Waals surface area contributed by atoms with Crippen LogP contribution in [0.15, 0.2) is 42.5 Å². The average molecular weight is 369 g/mol. The van der Waals surface area contributed by atoms with Crippen LogP contribution in [0.2, 0.25) is 0 Å². The van der Waals surface area contributed by atoms with Gasteiger partial charge in [0.25, 0.3) is 0 Å². The molecule has 0 N–H and O–H groups in total. The van der Waals surface area contributed by atoms with Crippen LogP contribution in [0.25, 0.3) is 0 Å². The summed E-state index contributed by atoms with van der Waals surface area (Å²) in [5.41, 5.74) is 1.92. The van der Waals surface area contributed by atoms with Crippen molar-refractivity contribution in [3.8, 4) is 17.2 Å². The van der Waals surface area contributed by atoms with Crippen LogP contribution in [0.1, 0.15) is 28.8 Å². The molecule has 0 radical (unpaired) electrons. The molecular weight excluding hydrogens is 342 g/mol. The second-order valence-electron chi connectivity index (χ2n) is 6.86. The van der Waals surface area contributed by atoms with E-state index in [4.69, 9.17) is 14.2 Å². The molecule has 0 amide bonds. The summed E-state index contributed by atoms with van der Waals surface area (Å²) in [4.78, 5) is 15.4. The van der Waals surface area contributed by atoms with Gasteiger partial charge in [0.15, 0.2) is 17.3 Å². The lowest BCUT2D eigenvalue weighted by Crippen LogP contribution is -2.38. The van der Waals surface area contributed by atoms with Crippen LogP contribution in [0.3, 0.4) is 0 Å². The van der Waals surface area contributed by atoms with Gasteiger partial charge < -0.3 is 14.2 Å². The van der Waals surface area contributed by atoms with Gasteiger partial charge in [0.05, 0.1) is 21.3 Å². The predicted molar refractivity (Wildman–Crippen MR) is 105 cm³/mol. The maximum Gasteiger partial charge on any atom is 0.167 e. The molecule has 0 saturated carbocycles. The molecule has 3 rings (SSSR count). The van der Waals surface area contributed by atoms with E-state index in [1.807, 2.05) is 18.2 Å². The van der Waals surface area contributed by atoms with Crippen molar-refractivity contribution in [3.05, 3.63) is 53.6 Å². The van der Waals surface area contributed by atoms with Crippen LogP contribution in [0.4, 0.5) is 0 Å². The first-order valence-corrected chi connectivity index (χ1v) is 9.26. The van der Waals surface area contributed by atoms with Crippen molar-refractivity contribution in [3.63, 3.8) is 0 Å². The Kier molecular flexibility index (Phi) is 6.35. The summed E-state index contributed by atoms with van der Waals surface area (Å²) in [5, 5.41) is 0. The fraction of sp³-hybridized carbons (Fsp3) is 0.409. The van der Waals surface area contributed by atoms with Crippen LogP contribution in [-0.2, 0) is 6.54 Å². The molecule has 5 nitrogen and oxygen atoms in total. The van der Waals surface area contributed by atoms with Crippen molar-refractivity contribution in [2.75, 3.05) is 34.4 Å². The number of carbonyl (C=O) groups excluding carboxylic acids is 1. The van der Waals surface area contributed by atoms with Crippen molar-refractivity contribution in [2.45, 2.75) is 19.4 Å². The number of nitrogens with zero attached hydrogens (tertiary/aromatic N) is 1. The molecule has 1 unspecified atom stereocenters. The number of hydrogen-bond donors (Lipinski definition) is 0. The van der Waals surface area contributed by atoms with E-state index in [-0.39, 0.29) is 11.7 Å². The minimum Gasteiger partial charge on any atom is -0.497 e. The molecule has 2 aromatic carbocycles. The van der Waals surface area contributed by atoms with E-state index in [0.717, 1.165) is 38.2 Å². The van der Waals surface area contributed by atoms with Crippen LogP contribution < -0.4 is 14.2 Å². The van der Waals surface area contributed by atoms with Gasteiger partial charge in [-0.15, -0.1) is 0 Å². The number of hydrogen-bond acceptors (Lipinski definition) is 5. The fourth-order valence-corrected chi connectivity index (χ4v) is 3.63. The number of methoxy groups -OCH3 is 3. The molecule has 1 heterocycles. The van der Waals surface area contributed by atoms with Gasteiger partial charge in [-0.05, 0) is 55.3 Å². The number of piperidine rings is 1. The highest BCUT2D eigenvalue weighted by Crippen LogP contribution is 2.30. The van der Waals surface area contributed by atoms with Gasteiger partial charge in [-0.25, -0.2) is 0 Å². The summed E-state index contributed by atoms with van der Waals surface area (Å²) in [6, 6.07) is 13.5. The molecule has 0 bridgehead atoms. The second-order valence-corrected chi connectivity index (χ2v) is 6.86. The normalized spacial score (nSPS) is 17.4. The van der Waals surface area contributed by atoms with Gasteiger partial charge >= 0.3 is 0 Å². The predicted octanol–water partition coefficient (Wildman–Crippen LogP) is 3.81. The van der Waals surface area contributed by atoms with E-state index in [1.54, 1.807) is 33.5 Å². The number of ether oxygens (including phenoxy) is 3. The molecule has 1 aliphatic rings. The van der Waals surface area contributed by atoms with Gasteiger partial charge in [-0.2, -0.15) is 0 Å². The van der Waals surface area contributed by atoms with Gasteiger partial charge in [0.1, 0.15) is 5.75 Å². The molecule has 1 fully saturated rings.